The molecule has 0 aromatic heterocycles. The number of ether oxygens (including phenoxy) is 1. The Kier molecular flexibility index (Phi) is 6.52. The van der Waals surface area contributed by atoms with E-state index in [1.165, 1.54) is 25.7 Å². The third kappa shape index (κ3) is 4.71. The zero-order valence-electron chi connectivity index (χ0n) is 14.9. The Balaban J connectivity index is 1.43. The molecular formula is C20H32N2O2. The van der Waals surface area contributed by atoms with Crippen molar-refractivity contribution in [3.8, 4) is 5.75 Å². The molecule has 1 aromatic carbocycles. The van der Waals surface area contributed by atoms with E-state index in [9.17, 15) is 5.11 Å². The Hall–Kier alpha value is -1.10. The van der Waals surface area contributed by atoms with Crippen molar-refractivity contribution >= 4 is 0 Å². The fourth-order valence-corrected chi connectivity index (χ4v) is 4.12. The lowest BCUT2D eigenvalue weighted by atomic mass is 9.90. The number of nitrogens with zero attached hydrogens (tertiary/aromatic N) is 1. The first-order valence-corrected chi connectivity index (χ1v) is 9.57. The van der Waals surface area contributed by atoms with Crippen molar-refractivity contribution < 1.29 is 9.84 Å². The highest BCUT2D eigenvalue weighted by atomic mass is 16.5. The van der Waals surface area contributed by atoms with Crippen molar-refractivity contribution in [1.82, 2.24) is 10.2 Å². The van der Waals surface area contributed by atoms with Crippen LogP contribution in [0, 0.1) is 0 Å². The third-order valence-electron chi connectivity index (χ3n) is 5.65. The van der Waals surface area contributed by atoms with Crippen LogP contribution in [0.5, 0.6) is 5.75 Å². The van der Waals surface area contributed by atoms with Gasteiger partial charge in [0.25, 0.3) is 0 Å². The molecule has 3 atom stereocenters. The summed E-state index contributed by atoms with van der Waals surface area (Å²) in [5.74, 6) is 0.850. The smallest absolute Gasteiger partial charge is 0.126 e. The van der Waals surface area contributed by atoms with Crippen LogP contribution in [0.2, 0.25) is 0 Å². The van der Waals surface area contributed by atoms with Crippen LogP contribution in [0.3, 0.4) is 0 Å². The molecule has 0 unspecified atom stereocenters. The molecule has 1 aromatic rings. The lowest BCUT2D eigenvalue weighted by Gasteiger charge is -2.36. The Morgan fingerprint density at radius 3 is 2.58 bits per heavy atom. The van der Waals surface area contributed by atoms with Crippen LogP contribution in [-0.2, 0) is 0 Å². The van der Waals surface area contributed by atoms with E-state index in [-0.39, 0.29) is 12.1 Å². The summed E-state index contributed by atoms with van der Waals surface area (Å²) in [6.45, 7) is 1.99. The number of aliphatic hydroxyl groups is 1. The van der Waals surface area contributed by atoms with Gasteiger partial charge in [0.05, 0.1) is 0 Å². The number of nitrogens with one attached hydrogen (secondary N) is 1. The summed E-state index contributed by atoms with van der Waals surface area (Å²) in [5.41, 5.74) is 0. The number of likely N-dealkylation sites (N-methyl/N-ethyl adjacent to an activating group) is 1. The molecule has 2 fully saturated rings. The summed E-state index contributed by atoms with van der Waals surface area (Å²) in [7, 11) is 2.23. The van der Waals surface area contributed by atoms with Gasteiger partial charge in [0.2, 0.25) is 0 Å². The largest absolute Gasteiger partial charge is 0.488 e. The molecule has 0 bridgehead atoms. The zero-order valence-corrected chi connectivity index (χ0v) is 14.9. The van der Waals surface area contributed by atoms with E-state index in [1.807, 2.05) is 30.3 Å². The predicted octanol–water partition coefficient (Wildman–Crippen LogP) is 2.81. The topological polar surface area (TPSA) is 44.7 Å². The van der Waals surface area contributed by atoms with Crippen LogP contribution >= 0.6 is 0 Å². The van der Waals surface area contributed by atoms with Crippen LogP contribution in [0.25, 0.3) is 0 Å². The average molecular weight is 332 g/mol. The Labute approximate surface area is 146 Å². The molecule has 2 aliphatic carbocycles. The number of benzene rings is 1. The van der Waals surface area contributed by atoms with Crippen LogP contribution in [0.15, 0.2) is 30.3 Å². The molecule has 4 heteroatoms. The molecule has 0 spiro atoms. The number of hydrogen-bond donors (Lipinski definition) is 2. The summed E-state index contributed by atoms with van der Waals surface area (Å²) in [4.78, 5) is 2.48. The summed E-state index contributed by atoms with van der Waals surface area (Å²) in [6.07, 6.45) is 7.96. The number of rotatable bonds is 7. The van der Waals surface area contributed by atoms with Crippen LogP contribution in [0.4, 0.5) is 0 Å². The second-order valence-corrected chi connectivity index (χ2v) is 7.37. The van der Waals surface area contributed by atoms with Gasteiger partial charge in [-0.2, -0.15) is 0 Å². The Morgan fingerprint density at radius 1 is 1.08 bits per heavy atom. The van der Waals surface area contributed by atoms with Gasteiger partial charge in [0.1, 0.15) is 18.0 Å². The quantitative estimate of drug-likeness (QED) is 0.806. The van der Waals surface area contributed by atoms with Gasteiger partial charge >= 0.3 is 0 Å². The van der Waals surface area contributed by atoms with E-state index in [1.54, 1.807) is 0 Å². The summed E-state index contributed by atoms with van der Waals surface area (Å²) in [6, 6.07) is 10.7. The monoisotopic (exact) mass is 332 g/mol. The molecule has 0 radical (unpaired) electrons. The maximum atomic E-state index is 10.7. The standard InChI is InChI=1S/C20H32N2O2/c1-22(16-8-5-6-9-16)15-14-21-18-12-7-13-19(20(18)23)24-17-10-3-2-4-11-17/h2-4,10-11,16,18-21,23H,5-9,12-15H2,1H3/t18-,19+,20+/m0/s1. The van der Waals surface area contributed by atoms with Crippen molar-refractivity contribution in [2.75, 3.05) is 20.1 Å². The first-order chi connectivity index (χ1) is 11.7. The summed E-state index contributed by atoms with van der Waals surface area (Å²) >= 11 is 0. The number of aliphatic hydroxyl groups excluding tert-OH is 1. The second kappa shape index (κ2) is 8.84. The molecule has 2 N–H and O–H groups in total. The number of para-hydroxylation sites is 1. The van der Waals surface area contributed by atoms with Gasteiger partial charge in [-0.25, -0.2) is 0 Å². The van der Waals surface area contributed by atoms with Crippen molar-refractivity contribution in [3.63, 3.8) is 0 Å². The molecule has 0 amide bonds. The second-order valence-electron chi connectivity index (χ2n) is 7.37. The molecular weight excluding hydrogens is 300 g/mol. The van der Waals surface area contributed by atoms with Gasteiger partial charge in [-0.3, -0.25) is 0 Å². The highest BCUT2D eigenvalue weighted by molar-refractivity contribution is 5.21. The van der Waals surface area contributed by atoms with Gasteiger partial charge in [0, 0.05) is 25.2 Å². The molecule has 24 heavy (non-hydrogen) atoms. The maximum Gasteiger partial charge on any atom is 0.126 e. The minimum atomic E-state index is -0.434. The molecule has 2 aliphatic rings. The fourth-order valence-electron chi connectivity index (χ4n) is 4.12. The molecule has 3 rings (SSSR count). The van der Waals surface area contributed by atoms with Crippen LogP contribution in [0.1, 0.15) is 44.9 Å². The third-order valence-corrected chi connectivity index (χ3v) is 5.65. The molecule has 0 aliphatic heterocycles. The van der Waals surface area contributed by atoms with E-state index in [0.29, 0.717) is 0 Å². The van der Waals surface area contributed by atoms with Crippen LogP contribution < -0.4 is 10.1 Å². The Morgan fingerprint density at radius 2 is 1.83 bits per heavy atom. The van der Waals surface area contributed by atoms with E-state index in [0.717, 1.165) is 44.1 Å². The van der Waals surface area contributed by atoms with E-state index >= 15 is 0 Å². The first-order valence-electron chi connectivity index (χ1n) is 9.57. The van der Waals surface area contributed by atoms with Crippen molar-refractivity contribution in [2.45, 2.75) is 69.2 Å². The minimum Gasteiger partial charge on any atom is -0.488 e. The van der Waals surface area contributed by atoms with Crippen molar-refractivity contribution in [1.29, 1.82) is 0 Å². The summed E-state index contributed by atoms with van der Waals surface area (Å²) < 4.78 is 6.01. The molecule has 2 saturated carbocycles. The highest BCUT2D eigenvalue weighted by Crippen LogP contribution is 2.25. The fraction of sp³-hybridized carbons (Fsp3) is 0.700. The van der Waals surface area contributed by atoms with Gasteiger partial charge in [0.15, 0.2) is 0 Å². The predicted molar refractivity (Wildman–Crippen MR) is 97.4 cm³/mol. The normalized spacial score (nSPS) is 28.4. The highest BCUT2D eigenvalue weighted by Gasteiger charge is 2.33. The lowest BCUT2D eigenvalue weighted by Crippen LogP contribution is -2.52. The Bertz CT molecular complexity index is 476. The zero-order chi connectivity index (χ0) is 16.8. The van der Waals surface area contributed by atoms with E-state index < -0.39 is 6.10 Å². The van der Waals surface area contributed by atoms with Crippen molar-refractivity contribution in [2.24, 2.45) is 0 Å². The van der Waals surface area contributed by atoms with Gasteiger partial charge in [-0.1, -0.05) is 31.0 Å². The molecule has 0 saturated heterocycles. The lowest BCUT2D eigenvalue weighted by molar-refractivity contribution is -0.0157. The average Bonchev–Trinajstić information content (AvgIpc) is 3.14. The van der Waals surface area contributed by atoms with Crippen molar-refractivity contribution in [3.05, 3.63) is 30.3 Å². The molecule has 0 heterocycles. The van der Waals surface area contributed by atoms with Gasteiger partial charge in [-0.05, 0) is 51.3 Å². The first kappa shape index (κ1) is 17.7. The molecule has 134 valence electrons. The maximum absolute atomic E-state index is 10.7. The molecule has 4 nitrogen and oxygen atoms in total. The van der Waals surface area contributed by atoms with Gasteiger partial charge < -0.3 is 20.1 Å². The SMILES string of the molecule is CN(CCN[C@H]1CCC[C@@H](Oc2ccccc2)[C@@H]1O)C1CCCC1. The van der Waals surface area contributed by atoms with Crippen LogP contribution in [-0.4, -0.2) is 54.4 Å². The minimum absolute atomic E-state index is 0.105. The summed E-state index contributed by atoms with van der Waals surface area (Å²) in [5, 5.41) is 14.2. The van der Waals surface area contributed by atoms with E-state index in [4.69, 9.17) is 4.74 Å². The van der Waals surface area contributed by atoms with Gasteiger partial charge in [-0.15, -0.1) is 0 Å². The number of hydrogen-bond acceptors (Lipinski definition) is 4. The van der Waals surface area contributed by atoms with E-state index in [2.05, 4.69) is 17.3 Å².